The molecule has 1 aliphatic rings. The average Bonchev–Trinajstić information content (AvgIpc) is 1.85. The maximum atomic E-state index is 5.78. The van der Waals surface area contributed by atoms with E-state index in [1.165, 1.54) is 0 Å². The summed E-state index contributed by atoms with van der Waals surface area (Å²) in [5, 5.41) is 0. The minimum absolute atomic E-state index is 0.299. The van der Waals surface area contributed by atoms with E-state index in [1.54, 1.807) is 0 Å². The Labute approximate surface area is 70.7 Å². The van der Waals surface area contributed by atoms with E-state index in [2.05, 4.69) is 6.92 Å². The van der Waals surface area contributed by atoms with Gasteiger partial charge in [-0.1, -0.05) is 6.92 Å². The van der Waals surface area contributed by atoms with Gasteiger partial charge in [0.1, 0.15) is 0 Å². The highest BCUT2D eigenvalue weighted by atomic mass is 35.6. The normalized spacial score (nSPS) is 34.5. The first-order chi connectivity index (χ1) is 4.72. The van der Waals surface area contributed by atoms with Gasteiger partial charge < -0.3 is 7.58 Å². The second-order valence-electron chi connectivity index (χ2n) is 2.62. The minimum Gasteiger partial charge on any atom is -0.463 e. The molecule has 4 heteroatoms. The average molecular weight is 179 g/mol. The molecule has 0 bridgehead atoms. The first-order valence-electron chi connectivity index (χ1n) is 3.67. The molecule has 0 N–H and O–H groups in total. The van der Waals surface area contributed by atoms with E-state index in [-0.39, 0.29) is 0 Å². The van der Waals surface area contributed by atoms with Crippen molar-refractivity contribution in [3.05, 3.63) is 0 Å². The third-order valence-electron chi connectivity index (χ3n) is 1.69. The number of hydrogen-bond donors (Lipinski definition) is 0. The van der Waals surface area contributed by atoms with Crippen LogP contribution < -0.4 is 0 Å². The fourth-order valence-corrected chi connectivity index (χ4v) is 3.22. The highest BCUT2D eigenvalue weighted by molar-refractivity contribution is 6.99. The van der Waals surface area contributed by atoms with E-state index < -0.39 is 13.9 Å². The maximum absolute atomic E-state index is 5.78. The van der Waals surface area contributed by atoms with Crippen LogP contribution >= 0.6 is 10.0 Å². The van der Waals surface area contributed by atoms with Crippen molar-refractivity contribution in [2.24, 2.45) is 0 Å². The molecule has 0 amide bonds. The van der Waals surface area contributed by atoms with Gasteiger partial charge in [-0.25, -0.2) is 0 Å². The van der Waals surface area contributed by atoms with E-state index in [1.807, 2.05) is 6.92 Å². The highest BCUT2D eigenvalue weighted by Gasteiger charge is 2.34. The Balaban J connectivity index is 2.35. The number of rotatable bonds is 1. The van der Waals surface area contributed by atoms with Gasteiger partial charge >= 0.3 is 13.9 Å². The lowest BCUT2D eigenvalue weighted by atomic mass is 10.1. The molecule has 0 radical (unpaired) electrons. The van der Waals surface area contributed by atoms with Crippen LogP contribution in [0.1, 0.15) is 26.7 Å². The Hall–Kier alpha value is 0.742. The third-order valence-corrected chi connectivity index (χ3v) is 3.58. The predicted molar refractivity (Wildman–Crippen MR) is 41.9 cm³/mol. The van der Waals surface area contributed by atoms with Crippen molar-refractivity contribution >= 4 is 23.9 Å². The molecule has 0 aliphatic carbocycles. The van der Waals surface area contributed by atoms with Gasteiger partial charge in [-0.05, 0) is 19.8 Å². The summed E-state index contributed by atoms with van der Waals surface area (Å²) in [4.78, 5) is 0. The molecule has 10 heavy (non-hydrogen) atoms. The second kappa shape index (κ2) is 3.94. The van der Waals surface area contributed by atoms with Crippen molar-refractivity contribution in [3.8, 4) is 0 Å². The highest BCUT2D eigenvalue weighted by Crippen LogP contribution is 2.19. The zero-order valence-corrected chi connectivity index (χ0v) is 8.25. The van der Waals surface area contributed by atoms with E-state index in [9.17, 15) is 0 Å². The van der Waals surface area contributed by atoms with Gasteiger partial charge in [0.05, 0.1) is 0 Å². The molecule has 1 fully saturated rings. The van der Waals surface area contributed by atoms with Gasteiger partial charge in [-0.2, -0.15) is 10.0 Å². The quantitative estimate of drug-likeness (QED) is 0.571. The van der Waals surface area contributed by atoms with Crippen molar-refractivity contribution in [1.82, 2.24) is 0 Å². The second-order valence-corrected chi connectivity index (χ2v) is 4.79. The van der Waals surface area contributed by atoms with Gasteiger partial charge in [0, 0.05) is 12.2 Å². The summed E-state index contributed by atoms with van der Waals surface area (Å²) in [6.45, 7) is 4.16. The van der Waals surface area contributed by atoms with E-state index in [0.717, 1.165) is 12.8 Å². The van der Waals surface area contributed by atoms with Crippen LogP contribution in [0.3, 0.4) is 0 Å². The van der Waals surface area contributed by atoms with Crippen LogP contribution in [0.4, 0.5) is 0 Å². The molecule has 0 aromatic heterocycles. The Kier molecular flexibility index (Phi) is 3.48. The first kappa shape index (κ1) is 8.84. The van der Waals surface area contributed by atoms with E-state index in [4.69, 9.17) is 17.6 Å². The topological polar surface area (TPSA) is 18.5 Å². The van der Waals surface area contributed by atoms with Crippen LogP contribution in [0.25, 0.3) is 0 Å². The van der Waals surface area contributed by atoms with Crippen molar-refractivity contribution in [2.45, 2.75) is 38.9 Å². The van der Waals surface area contributed by atoms with Crippen LogP contribution in [-0.4, -0.2) is 26.1 Å². The molecule has 1 heterocycles. The summed E-state index contributed by atoms with van der Waals surface area (Å²) >= 11 is -1.76. The van der Waals surface area contributed by atoms with Gasteiger partial charge in [0.25, 0.3) is 0 Å². The standard InChI is InChI=1S/C6H12O2.Al.ClH/c1-3-6(8)4-5(2)7;;/h5-6H,3-4H2,1-2H3;;1H/q-2;+3;/p-1. The zero-order chi connectivity index (χ0) is 7.56. The van der Waals surface area contributed by atoms with Crippen LogP contribution in [0.2, 0.25) is 0 Å². The third kappa shape index (κ3) is 2.41. The van der Waals surface area contributed by atoms with Gasteiger partial charge in [-0.3, -0.25) is 0 Å². The molecule has 58 valence electrons. The Morgan fingerprint density at radius 1 is 1.60 bits per heavy atom. The Bertz CT molecular complexity index is 102. The van der Waals surface area contributed by atoms with Crippen molar-refractivity contribution in [1.29, 1.82) is 0 Å². The lowest BCUT2D eigenvalue weighted by molar-refractivity contribution is 0.0335. The molecule has 1 saturated heterocycles. The molecule has 0 spiro atoms. The number of halogens is 1. The Morgan fingerprint density at radius 2 is 2.30 bits per heavy atom. The largest absolute Gasteiger partial charge is 0.813 e. The summed E-state index contributed by atoms with van der Waals surface area (Å²) in [5.41, 5.74) is 0. The van der Waals surface area contributed by atoms with Crippen LogP contribution in [0.15, 0.2) is 0 Å². The lowest BCUT2D eigenvalue weighted by Crippen LogP contribution is -2.36. The predicted octanol–water partition coefficient (Wildman–Crippen LogP) is 1.81. The number of hydrogen-bond acceptors (Lipinski definition) is 2. The molecule has 1 aliphatic heterocycles. The summed E-state index contributed by atoms with van der Waals surface area (Å²) in [7, 11) is 5.78. The van der Waals surface area contributed by atoms with Gasteiger partial charge in [0.15, 0.2) is 0 Å². The van der Waals surface area contributed by atoms with Crippen molar-refractivity contribution in [3.63, 3.8) is 0 Å². The van der Waals surface area contributed by atoms with Crippen LogP contribution in [0, 0.1) is 0 Å². The molecule has 0 aromatic rings. The van der Waals surface area contributed by atoms with Crippen LogP contribution in [0.5, 0.6) is 0 Å². The zero-order valence-electron chi connectivity index (χ0n) is 6.34. The molecule has 1 rings (SSSR count). The molecule has 2 atom stereocenters. The minimum atomic E-state index is -1.76. The molecular formula is C6H12AlClO2. The first-order valence-corrected chi connectivity index (χ1v) is 6.36. The summed E-state index contributed by atoms with van der Waals surface area (Å²) in [6, 6.07) is 0. The van der Waals surface area contributed by atoms with E-state index in [0.29, 0.717) is 12.2 Å². The smallest absolute Gasteiger partial charge is 0.463 e. The van der Waals surface area contributed by atoms with Crippen molar-refractivity contribution in [2.75, 3.05) is 0 Å². The monoisotopic (exact) mass is 178 g/mol. The van der Waals surface area contributed by atoms with Crippen molar-refractivity contribution < 1.29 is 7.58 Å². The SMILES string of the molecule is CCC1CC(C)[O][Al]([Cl])[O]1. The maximum Gasteiger partial charge on any atom is 0.813 e. The fraction of sp³-hybridized carbons (Fsp3) is 1.00. The summed E-state index contributed by atoms with van der Waals surface area (Å²) in [6.07, 6.45) is 2.68. The molecule has 0 aromatic carbocycles. The molecule has 2 unspecified atom stereocenters. The summed E-state index contributed by atoms with van der Waals surface area (Å²) < 4.78 is 10.7. The van der Waals surface area contributed by atoms with Gasteiger partial charge in [0.2, 0.25) is 0 Å². The van der Waals surface area contributed by atoms with Gasteiger partial charge in [-0.15, -0.1) is 0 Å². The molecule has 2 nitrogen and oxygen atoms in total. The fourth-order valence-electron chi connectivity index (χ4n) is 1.11. The molecular weight excluding hydrogens is 166 g/mol. The van der Waals surface area contributed by atoms with Crippen LogP contribution in [-0.2, 0) is 7.58 Å². The Morgan fingerprint density at radius 3 is 2.80 bits per heavy atom. The summed E-state index contributed by atoms with van der Waals surface area (Å²) in [5.74, 6) is 0. The lowest BCUT2D eigenvalue weighted by Gasteiger charge is -2.29. The van der Waals surface area contributed by atoms with E-state index >= 15 is 0 Å². The molecule has 0 saturated carbocycles.